The molecule has 1 N–H and O–H groups in total. The molecular formula is C69H75BN2O. The third-order valence-corrected chi connectivity index (χ3v) is 19.9. The molecule has 0 unspecified atom stereocenters. The fraction of sp³-hybridized carbons (Fsp3) is 0.391. The first-order valence-corrected chi connectivity index (χ1v) is 27.7. The number of benzene rings is 7. The van der Waals surface area contributed by atoms with Crippen molar-refractivity contribution >= 4 is 68.6 Å². The molecule has 4 heteroatoms. The van der Waals surface area contributed by atoms with Gasteiger partial charge in [0.1, 0.15) is 5.58 Å². The van der Waals surface area contributed by atoms with Gasteiger partial charge in [0.15, 0.2) is 12.9 Å². The monoisotopic (exact) mass is 959 g/mol. The van der Waals surface area contributed by atoms with E-state index in [-0.39, 0.29) is 37.9 Å². The maximum atomic E-state index is 7.15. The minimum atomic E-state index is -0.285. The second kappa shape index (κ2) is 15.1. The Bertz CT molecular complexity index is 3680. The first-order chi connectivity index (χ1) is 34.4. The van der Waals surface area contributed by atoms with Crippen LogP contribution in [0.4, 0.5) is 28.4 Å². The van der Waals surface area contributed by atoms with Gasteiger partial charge in [0.05, 0.1) is 5.69 Å². The molecule has 1 aromatic heterocycles. The van der Waals surface area contributed by atoms with Crippen molar-refractivity contribution < 1.29 is 4.42 Å². The Labute approximate surface area is 436 Å². The molecule has 4 aliphatic carbocycles. The summed E-state index contributed by atoms with van der Waals surface area (Å²) in [5, 5.41) is 6.48. The molecule has 370 valence electrons. The van der Waals surface area contributed by atoms with Crippen molar-refractivity contribution in [3.8, 4) is 22.3 Å². The summed E-state index contributed by atoms with van der Waals surface area (Å²) in [5.74, 6) is 0. The standard InChI is InChI=1S/C69H75BN2O/c1-63(2)29-31-65(5,6)50-35-40(23-27-48(50)63)71-61-45(26-25-44-43-20-16-18-22-57(43)73-62(44)61)58-59-46(42-19-15-17-21-47(42)69(59,13)14)37-56-60(58)70-54-38-52-53(68(11,12)34-33-67(52,9)10)39-55(54)72(56)41-24-28-49-51(36-41)66(7,8)32-30-64(49,3)4/h15-28,35-39,70-71H,29-34H2,1-14H3. The van der Waals surface area contributed by atoms with E-state index in [2.05, 4.69) is 222 Å². The third kappa shape index (κ3) is 6.76. The zero-order valence-electron chi connectivity index (χ0n) is 46.3. The Balaban J connectivity index is 1.14. The lowest BCUT2D eigenvalue weighted by Gasteiger charge is -2.45. The van der Waals surface area contributed by atoms with E-state index in [1.807, 2.05) is 0 Å². The quantitative estimate of drug-likeness (QED) is 0.178. The van der Waals surface area contributed by atoms with Crippen LogP contribution in [-0.2, 0) is 37.9 Å². The van der Waals surface area contributed by atoms with Crippen LogP contribution in [0, 0.1) is 0 Å². The molecule has 0 saturated carbocycles. The van der Waals surface area contributed by atoms with Crippen molar-refractivity contribution in [1.82, 2.24) is 0 Å². The van der Waals surface area contributed by atoms with Gasteiger partial charge in [-0.25, -0.2) is 0 Å². The molecule has 7 aromatic carbocycles. The Hall–Kier alpha value is -6.00. The van der Waals surface area contributed by atoms with Crippen LogP contribution in [0.1, 0.15) is 180 Å². The lowest BCUT2D eigenvalue weighted by Crippen LogP contribution is -2.44. The molecule has 73 heavy (non-hydrogen) atoms. The van der Waals surface area contributed by atoms with Gasteiger partial charge in [0.25, 0.3) is 0 Å². The predicted molar refractivity (Wildman–Crippen MR) is 313 cm³/mol. The SMILES string of the molecule is CC1(C)CCC(C)(C)c2cc(Nc3c(-c4c5c(cc6c4C(C)(C)c4ccccc4-6)N(c4ccc6c(c4)C(C)(C)CCC6(C)C)c4cc6c(cc4B5)C(C)(C)CCC6(C)C)ccc4c3oc3ccccc34)ccc21. The summed E-state index contributed by atoms with van der Waals surface area (Å²) < 4.78 is 7.15. The zero-order valence-corrected chi connectivity index (χ0v) is 46.3. The molecule has 0 fully saturated rings. The molecule has 1 aliphatic heterocycles. The van der Waals surface area contributed by atoms with Crippen LogP contribution in [0.5, 0.6) is 0 Å². The number of para-hydroxylation sites is 1. The maximum Gasteiger partial charge on any atom is 0.198 e. The van der Waals surface area contributed by atoms with E-state index in [4.69, 9.17) is 4.42 Å². The van der Waals surface area contributed by atoms with Crippen LogP contribution in [-0.4, -0.2) is 7.28 Å². The average Bonchev–Trinajstić information content (AvgIpc) is 3.84. The Kier molecular flexibility index (Phi) is 9.66. The molecule has 0 bridgehead atoms. The number of hydrogen-bond acceptors (Lipinski definition) is 3. The lowest BCUT2D eigenvalue weighted by molar-refractivity contribution is 0.332. The van der Waals surface area contributed by atoms with E-state index in [1.165, 1.54) is 127 Å². The molecule has 0 saturated heterocycles. The van der Waals surface area contributed by atoms with Gasteiger partial charge in [0, 0.05) is 44.5 Å². The molecule has 0 radical (unpaired) electrons. The second-order valence-corrected chi connectivity index (χ2v) is 27.8. The summed E-state index contributed by atoms with van der Waals surface area (Å²) >= 11 is 0. The number of nitrogens with one attached hydrogen (secondary N) is 1. The van der Waals surface area contributed by atoms with Crippen LogP contribution >= 0.6 is 0 Å². The Morgan fingerprint density at radius 3 is 1.68 bits per heavy atom. The van der Waals surface area contributed by atoms with E-state index in [0.717, 1.165) is 47.0 Å². The molecule has 5 aliphatic rings. The zero-order chi connectivity index (χ0) is 51.2. The summed E-state index contributed by atoms with van der Waals surface area (Å²) in [6.45, 7) is 34.4. The van der Waals surface area contributed by atoms with Crippen molar-refractivity contribution in [3.63, 3.8) is 0 Å². The van der Waals surface area contributed by atoms with E-state index in [1.54, 1.807) is 0 Å². The smallest absolute Gasteiger partial charge is 0.198 e. The number of furan rings is 1. The van der Waals surface area contributed by atoms with E-state index >= 15 is 0 Å². The topological polar surface area (TPSA) is 28.4 Å². The predicted octanol–water partition coefficient (Wildman–Crippen LogP) is 17.5. The van der Waals surface area contributed by atoms with E-state index in [9.17, 15) is 0 Å². The number of fused-ring (bicyclic) bond motifs is 11. The summed E-state index contributed by atoms with van der Waals surface area (Å²) in [7, 11) is 0.823. The highest BCUT2D eigenvalue weighted by Gasteiger charge is 2.45. The highest BCUT2D eigenvalue weighted by molar-refractivity contribution is 6.73. The molecule has 2 heterocycles. The largest absolute Gasteiger partial charge is 0.454 e. The van der Waals surface area contributed by atoms with Gasteiger partial charge in [-0.2, -0.15) is 0 Å². The molecule has 0 amide bonds. The average molecular weight is 959 g/mol. The maximum absolute atomic E-state index is 7.15. The normalized spacial score (nSPS) is 20.4. The van der Waals surface area contributed by atoms with Gasteiger partial charge in [-0.1, -0.05) is 169 Å². The third-order valence-electron chi connectivity index (χ3n) is 19.9. The fourth-order valence-electron chi connectivity index (χ4n) is 14.9. The van der Waals surface area contributed by atoms with Gasteiger partial charge in [0.2, 0.25) is 0 Å². The number of anilines is 5. The molecule has 0 spiro atoms. The van der Waals surface area contributed by atoms with Gasteiger partial charge in [-0.05, 0) is 186 Å². The van der Waals surface area contributed by atoms with Crippen molar-refractivity contribution in [2.45, 2.75) is 173 Å². The highest BCUT2D eigenvalue weighted by Crippen LogP contribution is 2.58. The van der Waals surface area contributed by atoms with Crippen LogP contribution in [0.15, 0.2) is 120 Å². The van der Waals surface area contributed by atoms with E-state index in [0.29, 0.717) is 0 Å². The summed E-state index contributed by atoms with van der Waals surface area (Å²) in [5.41, 5.74) is 27.6. The van der Waals surface area contributed by atoms with Gasteiger partial charge in [-0.3, -0.25) is 0 Å². The van der Waals surface area contributed by atoms with Crippen molar-refractivity contribution in [1.29, 1.82) is 0 Å². The minimum absolute atomic E-state index is 0.0560. The summed E-state index contributed by atoms with van der Waals surface area (Å²) in [4.78, 5) is 2.71. The number of nitrogens with zero attached hydrogens (tertiary/aromatic N) is 1. The van der Waals surface area contributed by atoms with Gasteiger partial charge < -0.3 is 14.6 Å². The van der Waals surface area contributed by atoms with Gasteiger partial charge >= 0.3 is 0 Å². The van der Waals surface area contributed by atoms with Crippen LogP contribution in [0.25, 0.3) is 44.2 Å². The summed E-state index contributed by atoms with van der Waals surface area (Å²) in [6, 6.07) is 45.3. The van der Waals surface area contributed by atoms with Crippen LogP contribution in [0.2, 0.25) is 0 Å². The molecule has 0 atom stereocenters. The second-order valence-electron chi connectivity index (χ2n) is 27.8. The number of hydrogen-bond donors (Lipinski definition) is 1. The van der Waals surface area contributed by atoms with Crippen LogP contribution in [0.3, 0.4) is 0 Å². The summed E-state index contributed by atoms with van der Waals surface area (Å²) in [6.07, 6.45) is 7.06. The molecule has 13 rings (SSSR count). The fourth-order valence-corrected chi connectivity index (χ4v) is 14.9. The highest BCUT2D eigenvalue weighted by atomic mass is 16.3. The Morgan fingerprint density at radius 2 is 1.01 bits per heavy atom. The first kappa shape index (κ1) is 46.8. The Morgan fingerprint density at radius 1 is 0.452 bits per heavy atom. The molecular weight excluding hydrogens is 884 g/mol. The molecule has 3 nitrogen and oxygen atoms in total. The van der Waals surface area contributed by atoms with Crippen molar-refractivity contribution in [2.24, 2.45) is 0 Å². The van der Waals surface area contributed by atoms with Crippen molar-refractivity contribution in [2.75, 3.05) is 10.2 Å². The minimum Gasteiger partial charge on any atom is -0.454 e. The van der Waals surface area contributed by atoms with Gasteiger partial charge in [-0.15, -0.1) is 0 Å². The van der Waals surface area contributed by atoms with Crippen molar-refractivity contribution in [3.05, 3.63) is 160 Å². The number of rotatable bonds is 4. The molecule has 8 aromatic rings. The lowest BCUT2D eigenvalue weighted by atomic mass is 9.54. The van der Waals surface area contributed by atoms with E-state index < -0.39 is 0 Å². The van der Waals surface area contributed by atoms with Crippen LogP contribution < -0.4 is 21.1 Å². The first-order valence-electron chi connectivity index (χ1n) is 27.7.